The number of carbonyl (C=O) groups is 1. The average molecular weight is 264 g/mol. The molecule has 19 heavy (non-hydrogen) atoms. The zero-order valence-corrected chi connectivity index (χ0v) is 12.5. The Kier molecular flexibility index (Phi) is 3.61. The highest BCUT2D eigenvalue weighted by molar-refractivity contribution is 5.74. The van der Waals surface area contributed by atoms with Gasteiger partial charge in [-0.3, -0.25) is 4.79 Å². The van der Waals surface area contributed by atoms with Crippen LogP contribution in [0.1, 0.15) is 71.6 Å². The largest absolute Gasteiger partial charge is 0.459 e. The quantitative estimate of drug-likeness (QED) is 0.709. The summed E-state index contributed by atoms with van der Waals surface area (Å²) in [6, 6.07) is 0. The van der Waals surface area contributed by atoms with Crippen LogP contribution in [0.5, 0.6) is 0 Å². The van der Waals surface area contributed by atoms with E-state index in [1.165, 1.54) is 51.4 Å². The second-order valence-corrected chi connectivity index (χ2v) is 7.64. The van der Waals surface area contributed by atoms with Gasteiger partial charge in [-0.1, -0.05) is 25.7 Å². The highest BCUT2D eigenvalue weighted by Crippen LogP contribution is 2.49. The minimum atomic E-state index is -0.251. The molecule has 0 spiro atoms. The summed E-state index contributed by atoms with van der Waals surface area (Å²) in [6.45, 7) is 4.27. The van der Waals surface area contributed by atoms with E-state index in [0.717, 1.165) is 12.3 Å². The molecular formula is C17H28O2. The van der Waals surface area contributed by atoms with Gasteiger partial charge in [-0.05, 0) is 63.7 Å². The molecule has 3 atom stereocenters. The Labute approximate surface area is 117 Å². The Morgan fingerprint density at radius 3 is 2.32 bits per heavy atom. The molecule has 0 radical (unpaired) electrons. The van der Waals surface area contributed by atoms with E-state index in [2.05, 4.69) is 13.8 Å². The standard InChI is InChI=1S/C17H28O2/c1-17(2,14-6-4-3-5-7-14)19-16(18)15-11-12-8-9-13(15)10-12/h12-15H,3-11H2,1-2H3. The number of esters is 1. The maximum atomic E-state index is 12.5. The van der Waals surface area contributed by atoms with Crippen molar-refractivity contribution in [1.82, 2.24) is 0 Å². The SMILES string of the molecule is CC(C)(OC(=O)C1CC2CCC1C2)C1CCCCC1. The molecule has 108 valence electrons. The monoisotopic (exact) mass is 264 g/mol. The molecule has 3 unspecified atom stereocenters. The molecule has 0 aromatic rings. The highest BCUT2D eigenvalue weighted by atomic mass is 16.6. The molecular weight excluding hydrogens is 236 g/mol. The molecule has 2 bridgehead atoms. The lowest BCUT2D eigenvalue weighted by atomic mass is 9.78. The first kappa shape index (κ1) is 13.5. The molecule has 0 aromatic heterocycles. The average Bonchev–Trinajstić information content (AvgIpc) is 3.01. The zero-order valence-electron chi connectivity index (χ0n) is 12.5. The van der Waals surface area contributed by atoms with Crippen molar-refractivity contribution in [1.29, 1.82) is 0 Å². The summed E-state index contributed by atoms with van der Waals surface area (Å²) in [5, 5.41) is 0. The van der Waals surface area contributed by atoms with Crippen LogP contribution >= 0.6 is 0 Å². The molecule has 0 aliphatic heterocycles. The summed E-state index contributed by atoms with van der Waals surface area (Å²) in [7, 11) is 0. The number of ether oxygens (including phenoxy) is 1. The van der Waals surface area contributed by atoms with Crippen LogP contribution in [-0.2, 0) is 9.53 Å². The number of rotatable bonds is 3. The lowest BCUT2D eigenvalue weighted by Crippen LogP contribution is -2.40. The Balaban J connectivity index is 1.58. The van der Waals surface area contributed by atoms with E-state index >= 15 is 0 Å². The van der Waals surface area contributed by atoms with Gasteiger partial charge in [0.2, 0.25) is 0 Å². The number of hydrogen-bond donors (Lipinski definition) is 0. The van der Waals surface area contributed by atoms with E-state index < -0.39 is 0 Å². The van der Waals surface area contributed by atoms with Gasteiger partial charge in [0.15, 0.2) is 0 Å². The normalized spacial score (nSPS) is 35.6. The molecule has 2 heteroatoms. The molecule has 0 saturated heterocycles. The van der Waals surface area contributed by atoms with Crippen LogP contribution in [0.15, 0.2) is 0 Å². The Morgan fingerprint density at radius 2 is 1.74 bits per heavy atom. The predicted molar refractivity (Wildman–Crippen MR) is 75.7 cm³/mol. The molecule has 2 nitrogen and oxygen atoms in total. The summed E-state index contributed by atoms with van der Waals surface area (Å²) in [6.07, 6.45) is 11.4. The smallest absolute Gasteiger partial charge is 0.309 e. The first-order chi connectivity index (χ1) is 9.06. The van der Waals surface area contributed by atoms with E-state index in [1.54, 1.807) is 0 Å². The van der Waals surface area contributed by atoms with Gasteiger partial charge in [0.25, 0.3) is 0 Å². The third kappa shape index (κ3) is 2.68. The third-order valence-corrected chi connectivity index (χ3v) is 5.99. The third-order valence-electron chi connectivity index (χ3n) is 5.99. The minimum absolute atomic E-state index is 0.114. The van der Waals surface area contributed by atoms with Gasteiger partial charge in [0.05, 0.1) is 5.92 Å². The fraction of sp³-hybridized carbons (Fsp3) is 0.941. The molecule has 3 aliphatic carbocycles. The molecule has 3 aliphatic rings. The van der Waals surface area contributed by atoms with E-state index in [1.807, 2.05) is 0 Å². The molecule has 3 saturated carbocycles. The van der Waals surface area contributed by atoms with Crippen molar-refractivity contribution >= 4 is 5.97 Å². The zero-order chi connectivity index (χ0) is 13.5. The molecule has 3 rings (SSSR count). The summed E-state index contributed by atoms with van der Waals surface area (Å²) in [5.41, 5.74) is -0.251. The van der Waals surface area contributed by atoms with Gasteiger partial charge in [0.1, 0.15) is 5.60 Å². The lowest BCUT2D eigenvalue weighted by Gasteiger charge is -2.37. The van der Waals surface area contributed by atoms with Gasteiger partial charge in [-0.15, -0.1) is 0 Å². The van der Waals surface area contributed by atoms with Crippen LogP contribution in [0.25, 0.3) is 0 Å². The second-order valence-electron chi connectivity index (χ2n) is 7.64. The molecule has 3 fully saturated rings. The molecule has 0 N–H and O–H groups in total. The van der Waals surface area contributed by atoms with Gasteiger partial charge in [-0.25, -0.2) is 0 Å². The lowest BCUT2D eigenvalue weighted by molar-refractivity contribution is -0.170. The van der Waals surface area contributed by atoms with Crippen molar-refractivity contribution in [3.8, 4) is 0 Å². The first-order valence-corrected chi connectivity index (χ1v) is 8.29. The van der Waals surface area contributed by atoms with Crippen molar-refractivity contribution in [3.63, 3.8) is 0 Å². The fourth-order valence-electron chi connectivity index (χ4n) is 4.75. The van der Waals surface area contributed by atoms with Gasteiger partial charge < -0.3 is 4.74 Å². The maximum absolute atomic E-state index is 12.5. The van der Waals surface area contributed by atoms with E-state index in [0.29, 0.717) is 11.8 Å². The van der Waals surface area contributed by atoms with Crippen LogP contribution in [0.3, 0.4) is 0 Å². The highest BCUT2D eigenvalue weighted by Gasteiger charge is 2.45. The molecule has 0 heterocycles. The van der Waals surface area contributed by atoms with Crippen molar-refractivity contribution in [2.24, 2.45) is 23.7 Å². The fourth-order valence-corrected chi connectivity index (χ4v) is 4.75. The first-order valence-electron chi connectivity index (χ1n) is 8.29. The van der Waals surface area contributed by atoms with Crippen molar-refractivity contribution in [2.75, 3.05) is 0 Å². The molecule has 0 aromatic carbocycles. The summed E-state index contributed by atoms with van der Waals surface area (Å²) in [4.78, 5) is 12.5. The van der Waals surface area contributed by atoms with Crippen LogP contribution in [0.4, 0.5) is 0 Å². The van der Waals surface area contributed by atoms with Crippen molar-refractivity contribution < 1.29 is 9.53 Å². The van der Waals surface area contributed by atoms with Gasteiger partial charge >= 0.3 is 5.97 Å². The van der Waals surface area contributed by atoms with Crippen LogP contribution in [0.2, 0.25) is 0 Å². The maximum Gasteiger partial charge on any atom is 0.309 e. The van der Waals surface area contributed by atoms with Crippen LogP contribution < -0.4 is 0 Å². The number of carbonyl (C=O) groups excluding carboxylic acids is 1. The van der Waals surface area contributed by atoms with Crippen LogP contribution in [-0.4, -0.2) is 11.6 Å². The summed E-state index contributed by atoms with van der Waals surface area (Å²) in [5.74, 6) is 2.37. The summed E-state index contributed by atoms with van der Waals surface area (Å²) >= 11 is 0. The summed E-state index contributed by atoms with van der Waals surface area (Å²) < 4.78 is 5.97. The molecule has 0 amide bonds. The van der Waals surface area contributed by atoms with Gasteiger partial charge in [-0.2, -0.15) is 0 Å². The Bertz CT molecular complexity index is 341. The van der Waals surface area contributed by atoms with Crippen molar-refractivity contribution in [2.45, 2.75) is 77.2 Å². The van der Waals surface area contributed by atoms with E-state index in [4.69, 9.17) is 4.74 Å². The van der Waals surface area contributed by atoms with Crippen LogP contribution in [0, 0.1) is 23.7 Å². The minimum Gasteiger partial charge on any atom is -0.459 e. The predicted octanol–water partition coefficient (Wildman–Crippen LogP) is 4.32. The van der Waals surface area contributed by atoms with Gasteiger partial charge in [0, 0.05) is 0 Å². The second kappa shape index (κ2) is 5.10. The topological polar surface area (TPSA) is 26.3 Å². The van der Waals surface area contributed by atoms with E-state index in [9.17, 15) is 4.79 Å². The van der Waals surface area contributed by atoms with Crippen molar-refractivity contribution in [3.05, 3.63) is 0 Å². The Morgan fingerprint density at radius 1 is 1.00 bits per heavy atom. The number of hydrogen-bond acceptors (Lipinski definition) is 2. The number of fused-ring (bicyclic) bond motifs is 2. The van der Waals surface area contributed by atoms with E-state index in [-0.39, 0.29) is 17.5 Å². The Hall–Kier alpha value is -0.530.